The van der Waals surface area contributed by atoms with Crippen LogP contribution in [0.25, 0.3) is 43.7 Å². The van der Waals surface area contributed by atoms with E-state index < -0.39 is 15.9 Å². The number of nitrogens with zero attached hydrogens (tertiary/aromatic N) is 2. The molecule has 0 bridgehead atoms. The van der Waals surface area contributed by atoms with Gasteiger partial charge in [0.25, 0.3) is 5.91 Å². The van der Waals surface area contributed by atoms with Crippen molar-refractivity contribution in [2.75, 3.05) is 6.26 Å². The molecule has 0 radical (unpaired) electrons. The molecule has 6 rings (SSSR count). The summed E-state index contributed by atoms with van der Waals surface area (Å²) in [6, 6.07) is 22.5. The first kappa shape index (κ1) is 27.3. The Bertz CT molecular complexity index is 1880. The van der Waals surface area contributed by atoms with Gasteiger partial charge in [-0.2, -0.15) is 0 Å². The molecule has 0 aliphatic heterocycles. The van der Waals surface area contributed by atoms with Gasteiger partial charge in [0.1, 0.15) is 11.1 Å². The van der Waals surface area contributed by atoms with Gasteiger partial charge in [0.05, 0.1) is 21.0 Å². The fourth-order valence-electron chi connectivity index (χ4n) is 4.77. The molecule has 1 aliphatic rings. The van der Waals surface area contributed by atoms with Gasteiger partial charge >= 0.3 is 0 Å². The molecule has 5 aromatic rings. The largest absolute Gasteiger partial charge is 0.386 e. The summed E-state index contributed by atoms with van der Waals surface area (Å²) < 4.78 is 24.0. The van der Waals surface area contributed by atoms with E-state index in [1.54, 1.807) is 30.5 Å². The number of hydrogen-bond donors (Lipinski definition) is 2. The molecule has 2 N–H and O–H groups in total. The molecule has 1 saturated carbocycles. The molecule has 1 fully saturated rings. The highest BCUT2D eigenvalue weighted by Crippen LogP contribution is 2.41. The van der Waals surface area contributed by atoms with Crippen LogP contribution in [0.4, 0.5) is 0 Å². The number of carbonyl (C=O) groups excluding carboxylic acids is 1. The minimum absolute atomic E-state index is 0.0869. The van der Waals surface area contributed by atoms with E-state index in [9.17, 15) is 18.3 Å². The van der Waals surface area contributed by atoms with Gasteiger partial charge in [-0.1, -0.05) is 43.3 Å². The van der Waals surface area contributed by atoms with E-state index in [4.69, 9.17) is 4.98 Å². The Balaban J connectivity index is 1.47. The fraction of sp³-hybridized carbons (Fsp3) is 0.219. The number of hydrogen-bond acceptors (Lipinski definition) is 7. The lowest BCUT2D eigenvalue weighted by Gasteiger charge is -2.12. The second-order valence-electron chi connectivity index (χ2n) is 10.4. The first-order valence-corrected chi connectivity index (χ1v) is 16.2. The Labute approximate surface area is 242 Å². The zero-order chi connectivity index (χ0) is 28.7. The van der Waals surface area contributed by atoms with E-state index in [1.807, 2.05) is 49.4 Å². The first-order valence-electron chi connectivity index (χ1n) is 13.5. The van der Waals surface area contributed by atoms with Crippen molar-refractivity contribution in [1.82, 2.24) is 15.3 Å². The third kappa shape index (κ3) is 5.66. The zero-order valence-electron chi connectivity index (χ0n) is 22.7. The summed E-state index contributed by atoms with van der Waals surface area (Å²) in [5, 5.41) is 15.2. The average Bonchev–Trinajstić information content (AvgIpc) is 3.69. The van der Waals surface area contributed by atoms with Crippen molar-refractivity contribution in [3.05, 3.63) is 89.6 Å². The second-order valence-corrected chi connectivity index (χ2v) is 13.4. The van der Waals surface area contributed by atoms with Crippen LogP contribution >= 0.6 is 11.3 Å². The number of carbonyl (C=O) groups is 1. The zero-order valence-corrected chi connectivity index (χ0v) is 24.3. The molecule has 1 unspecified atom stereocenters. The molecule has 0 spiro atoms. The van der Waals surface area contributed by atoms with Crippen molar-refractivity contribution < 1.29 is 18.3 Å². The molecule has 1 amide bonds. The van der Waals surface area contributed by atoms with Crippen molar-refractivity contribution in [2.45, 2.75) is 43.2 Å². The summed E-state index contributed by atoms with van der Waals surface area (Å²) in [6.45, 7) is 1.90. The number of rotatable bonds is 8. The summed E-state index contributed by atoms with van der Waals surface area (Å²) >= 11 is 1.42. The van der Waals surface area contributed by atoms with Crippen LogP contribution in [0.1, 0.15) is 47.7 Å². The number of sulfone groups is 1. The maximum absolute atomic E-state index is 13.0. The van der Waals surface area contributed by atoms with Crippen molar-refractivity contribution in [3.8, 4) is 32.8 Å². The third-order valence-corrected chi connectivity index (χ3v) is 9.52. The second kappa shape index (κ2) is 10.8. The van der Waals surface area contributed by atoms with Gasteiger partial charge in [-0.25, -0.2) is 13.4 Å². The predicted molar refractivity (Wildman–Crippen MR) is 163 cm³/mol. The lowest BCUT2D eigenvalue weighted by Crippen LogP contribution is -2.25. The summed E-state index contributed by atoms with van der Waals surface area (Å²) in [5.74, 6) is -0.0869. The molecule has 1 atom stereocenters. The molecule has 2 heterocycles. The van der Waals surface area contributed by atoms with Crippen molar-refractivity contribution in [1.29, 1.82) is 0 Å². The maximum atomic E-state index is 13.0. The predicted octanol–water partition coefficient (Wildman–Crippen LogP) is 6.43. The van der Waals surface area contributed by atoms with Gasteiger partial charge in [0.2, 0.25) is 0 Å². The van der Waals surface area contributed by atoms with Gasteiger partial charge in [-0.15, -0.1) is 11.3 Å². The van der Waals surface area contributed by atoms with E-state index in [0.717, 1.165) is 50.9 Å². The normalized spacial score (nSPS) is 14.2. The molecule has 0 saturated heterocycles. The van der Waals surface area contributed by atoms with Gasteiger partial charge in [0.15, 0.2) is 9.84 Å². The molecule has 9 heteroatoms. The highest BCUT2D eigenvalue weighted by atomic mass is 32.2. The molecule has 3 aromatic carbocycles. The topological polar surface area (TPSA) is 109 Å². The van der Waals surface area contributed by atoms with Crippen LogP contribution in [0.3, 0.4) is 0 Å². The van der Waals surface area contributed by atoms with Gasteiger partial charge in [0, 0.05) is 40.6 Å². The summed E-state index contributed by atoms with van der Waals surface area (Å²) in [4.78, 5) is 23.5. The van der Waals surface area contributed by atoms with E-state index in [0.29, 0.717) is 22.7 Å². The SMILES string of the molecule is CCC(O)c1nc(-c2ccc(S(C)(=O)=O)cc2)c(-c2cccc(-c3cc(C(=O)NC4CC4)cc4cccnc34)c2)s1. The van der Waals surface area contributed by atoms with Gasteiger partial charge < -0.3 is 10.4 Å². The highest BCUT2D eigenvalue weighted by Gasteiger charge is 2.25. The number of nitrogens with one attached hydrogen (secondary N) is 1. The number of thiazole rings is 1. The van der Waals surface area contributed by atoms with E-state index in [2.05, 4.69) is 16.4 Å². The Morgan fingerprint density at radius 3 is 2.49 bits per heavy atom. The number of aliphatic hydroxyl groups excluding tert-OH is 1. The number of aliphatic hydroxyl groups is 1. The minimum Gasteiger partial charge on any atom is -0.386 e. The van der Waals surface area contributed by atoms with Gasteiger partial charge in [-0.05, 0) is 66.8 Å². The van der Waals surface area contributed by atoms with Gasteiger partial charge in [-0.3, -0.25) is 9.78 Å². The maximum Gasteiger partial charge on any atom is 0.251 e. The van der Waals surface area contributed by atoms with Crippen LogP contribution in [0.15, 0.2) is 83.9 Å². The van der Waals surface area contributed by atoms with Crippen LogP contribution in [-0.4, -0.2) is 41.7 Å². The van der Waals surface area contributed by atoms with Crippen LogP contribution < -0.4 is 5.32 Å². The lowest BCUT2D eigenvalue weighted by molar-refractivity contribution is 0.0951. The van der Waals surface area contributed by atoms with Crippen molar-refractivity contribution in [2.24, 2.45) is 0 Å². The highest BCUT2D eigenvalue weighted by molar-refractivity contribution is 7.90. The molecule has 7 nitrogen and oxygen atoms in total. The molecule has 1 aliphatic carbocycles. The monoisotopic (exact) mass is 583 g/mol. The summed E-state index contributed by atoms with van der Waals surface area (Å²) in [5.41, 5.74) is 5.48. The van der Waals surface area contributed by atoms with Crippen LogP contribution in [0.2, 0.25) is 0 Å². The lowest BCUT2D eigenvalue weighted by atomic mass is 9.96. The standard InChI is InChI=1S/C32H29N3O4S2/c1-3-27(36)32-35-29(19-9-13-25(14-10-19)41(2,38)39)30(40-32)22-7-4-6-20(16-22)26-18-23(31(37)34-24-11-12-24)17-21-8-5-15-33-28(21)26/h4-10,13-18,24,27,36H,3,11-12H2,1-2H3,(H,34,37). The van der Waals surface area contributed by atoms with E-state index in [1.165, 1.54) is 17.6 Å². The number of benzene rings is 3. The Morgan fingerprint density at radius 2 is 1.78 bits per heavy atom. The quantitative estimate of drug-likeness (QED) is 0.218. The molecular weight excluding hydrogens is 555 g/mol. The molecule has 208 valence electrons. The summed E-state index contributed by atoms with van der Waals surface area (Å²) in [6.07, 6.45) is 4.77. The molecule has 2 aromatic heterocycles. The number of aromatic nitrogens is 2. The fourth-order valence-corrected chi connectivity index (χ4v) is 6.56. The number of fused-ring (bicyclic) bond motifs is 1. The van der Waals surface area contributed by atoms with Crippen LogP contribution in [-0.2, 0) is 9.84 Å². The van der Waals surface area contributed by atoms with Crippen LogP contribution in [0.5, 0.6) is 0 Å². The Hall–Kier alpha value is -3.92. The Kier molecular flexibility index (Phi) is 7.19. The number of amides is 1. The molecule has 41 heavy (non-hydrogen) atoms. The number of pyridine rings is 1. The van der Waals surface area contributed by atoms with E-state index in [-0.39, 0.29) is 16.8 Å². The van der Waals surface area contributed by atoms with Crippen LogP contribution in [0, 0.1) is 0 Å². The average molecular weight is 584 g/mol. The molecular formula is C32H29N3O4S2. The third-order valence-electron chi connectivity index (χ3n) is 7.19. The van der Waals surface area contributed by atoms with Crippen molar-refractivity contribution in [3.63, 3.8) is 0 Å². The smallest absolute Gasteiger partial charge is 0.251 e. The Morgan fingerprint density at radius 1 is 1.02 bits per heavy atom. The summed E-state index contributed by atoms with van der Waals surface area (Å²) in [7, 11) is -3.34. The van der Waals surface area contributed by atoms with Crippen molar-refractivity contribution >= 4 is 38.0 Å². The minimum atomic E-state index is -3.34. The van der Waals surface area contributed by atoms with E-state index >= 15 is 0 Å². The first-order chi connectivity index (χ1) is 19.7.